The van der Waals surface area contributed by atoms with Gasteiger partial charge in [-0.05, 0) is 25.1 Å². The molecule has 3 heterocycles. The Hall–Kier alpha value is -3.00. The molecule has 0 unspecified atom stereocenters. The molecule has 0 aliphatic carbocycles. The predicted octanol–water partition coefficient (Wildman–Crippen LogP) is 1.51. The summed E-state index contributed by atoms with van der Waals surface area (Å²) in [5.41, 5.74) is 2.42. The molecule has 1 aromatic carbocycles. The molecular weight excluding hydrogens is 320 g/mol. The number of carbonyl (C=O) groups is 1. The minimum atomic E-state index is -0.214. The molecule has 25 heavy (non-hydrogen) atoms. The summed E-state index contributed by atoms with van der Waals surface area (Å²) in [6, 6.07) is 7.21. The number of carbonyl (C=O) groups excluding carboxylic acids is 1. The number of nitrogens with one attached hydrogen (secondary N) is 1. The van der Waals surface area contributed by atoms with Crippen molar-refractivity contribution in [2.75, 3.05) is 19.8 Å². The topological polar surface area (TPSA) is 88.9 Å². The molecule has 0 bridgehead atoms. The van der Waals surface area contributed by atoms with E-state index in [9.17, 15) is 4.79 Å². The van der Waals surface area contributed by atoms with Crippen LogP contribution in [-0.2, 0) is 4.74 Å². The van der Waals surface area contributed by atoms with Crippen molar-refractivity contribution < 1.29 is 9.53 Å². The van der Waals surface area contributed by atoms with Gasteiger partial charge in [-0.15, -0.1) is 10.2 Å². The highest BCUT2D eigenvalue weighted by atomic mass is 16.5. The first-order chi connectivity index (χ1) is 12.2. The lowest BCUT2D eigenvalue weighted by atomic mass is 10.1. The first-order valence-corrected chi connectivity index (χ1v) is 8.07. The van der Waals surface area contributed by atoms with Gasteiger partial charge in [0.2, 0.25) is 0 Å². The van der Waals surface area contributed by atoms with Gasteiger partial charge in [-0.25, -0.2) is 4.98 Å². The van der Waals surface area contributed by atoms with Crippen LogP contribution in [0.25, 0.3) is 5.69 Å². The number of amides is 1. The van der Waals surface area contributed by atoms with E-state index in [-0.39, 0.29) is 11.9 Å². The monoisotopic (exact) mass is 338 g/mol. The summed E-state index contributed by atoms with van der Waals surface area (Å²) in [4.78, 5) is 22.5. The molecule has 1 amide bonds. The quantitative estimate of drug-likeness (QED) is 0.782. The van der Waals surface area contributed by atoms with E-state index in [4.69, 9.17) is 4.74 Å². The molecule has 8 nitrogen and oxygen atoms in total. The number of hydrogen-bond acceptors (Lipinski definition) is 5. The highest BCUT2D eigenvalue weighted by Crippen LogP contribution is 2.24. The number of benzene rings is 1. The molecule has 1 aliphatic heterocycles. The van der Waals surface area contributed by atoms with Crippen molar-refractivity contribution in [3.05, 3.63) is 60.2 Å². The lowest BCUT2D eigenvalue weighted by Crippen LogP contribution is -2.43. The second-order valence-electron chi connectivity index (χ2n) is 5.96. The average Bonchev–Trinajstić information content (AvgIpc) is 3.33. The molecule has 0 radical (unpaired) electrons. The largest absolute Gasteiger partial charge is 0.377 e. The summed E-state index contributed by atoms with van der Waals surface area (Å²) >= 11 is 0. The maximum absolute atomic E-state index is 13.1. The van der Waals surface area contributed by atoms with Crippen LogP contribution in [0.15, 0.2) is 43.1 Å². The molecule has 1 N–H and O–H groups in total. The smallest absolute Gasteiger partial charge is 0.254 e. The summed E-state index contributed by atoms with van der Waals surface area (Å²) in [7, 11) is 0. The first-order valence-electron chi connectivity index (χ1n) is 8.07. The number of imidazole rings is 1. The SMILES string of the molecule is Cc1cnc([C@@H]2COCCN2C(=O)c2cccc(-n3cnnc3)c2)[nH]1. The number of morpholine rings is 1. The Morgan fingerprint density at radius 2 is 2.16 bits per heavy atom. The maximum atomic E-state index is 13.1. The van der Waals surface area contributed by atoms with Gasteiger partial charge in [-0.1, -0.05) is 6.07 Å². The van der Waals surface area contributed by atoms with Gasteiger partial charge < -0.3 is 14.6 Å². The van der Waals surface area contributed by atoms with E-state index in [1.807, 2.05) is 36.1 Å². The number of aryl methyl sites for hydroxylation is 1. The Bertz CT molecular complexity index is 873. The number of hydrogen-bond donors (Lipinski definition) is 1. The highest BCUT2D eigenvalue weighted by molar-refractivity contribution is 5.95. The summed E-state index contributed by atoms with van der Waals surface area (Å²) in [6.45, 7) is 3.42. The van der Waals surface area contributed by atoms with Crippen LogP contribution in [0.5, 0.6) is 0 Å². The van der Waals surface area contributed by atoms with E-state index < -0.39 is 0 Å². The minimum Gasteiger partial charge on any atom is -0.377 e. The number of ether oxygens (including phenoxy) is 1. The van der Waals surface area contributed by atoms with Crippen LogP contribution in [0.1, 0.15) is 27.9 Å². The van der Waals surface area contributed by atoms with Crippen molar-refractivity contribution in [3.63, 3.8) is 0 Å². The molecule has 1 aliphatic rings. The van der Waals surface area contributed by atoms with E-state index in [1.165, 1.54) is 0 Å². The summed E-state index contributed by atoms with van der Waals surface area (Å²) < 4.78 is 7.34. The van der Waals surface area contributed by atoms with E-state index in [1.54, 1.807) is 23.4 Å². The number of aromatic amines is 1. The van der Waals surface area contributed by atoms with Gasteiger partial charge in [0, 0.05) is 29.7 Å². The summed E-state index contributed by atoms with van der Waals surface area (Å²) in [5, 5.41) is 7.61. The van der Waals surface area contributed by atoms with Crippen LogP contribution >= 0.6 is 0 Å². The standard InChI is InChI=1S/C17H18N6O2/c1-12-8-18-16(21-12)15-9-25-6-5-23(15)17(24)13-3-2-4-14(7-13)22-10-19-20-11-22/h2-4,7-8,10-11,15H,5-6,9H2,1H3,(H,18,21)/t15-/m0/s1. The molecule has 2 aromatic heterocycles. The first kappa shape index (κ1) is 15.5. The molecule has 8 heteroatoms. The molecule has 1 atom stereocenters. The molecule has 128 valence electrons. The van der Waals surface area contributed by atoms with Crippen LogP contribution in [0.3, 0.4) is 0 Å². The van der Waals surface area contributed by atoms with Crippen LogP contribution in [0, 0.1) is 6.92 Å². The van der Waals surface area contributed by atoms with Crippen LogP contribution in [0.4, 0.5) is 0 Å². The van der Waals surface area contributed by atoms with E-state index in [0.29, 0.717) is 25.3 Å². The van der Waals surface area contributed by atoms with Gasteiger partial charge in [-0.3, -0.25) is 9.36 Å². The second kappa shape index (κ2) is 6.48. The zero-order chi connectivity index (χ0) is 17.2. The highest BCUT2D eigenvalue weighted by Gasteiger charge is 2.31. The number of nitrogens with zero attached hydrogens (tertiary/aromatic N) is 5. The van der Waals surface area contributed by atoms with Crippen molar-refractivity contribution in [1.82, 2.24) is 29.6 Å². The van der Waals surface area contributed by atoms with Crippen LogP contribution < -0.4 is 0 Å². The van der Waals surface area contributed by atoms with Crippen LogP contribution in [0.2, 0.25) is 0 Å². The van der Waals surface area contributed by atoms with Gasteiger partial charge in [-0.2, -0.15) is 0 Å². The Balaban J connectivity index is 1.63. The zero-order valence-corrected chi connectivity index (χ0v) is 13.8. The third kappa shape index (κ3) is 3.03. The fraction of sp³-hybridized carbons (Fsp3) is 0.294. The maximum Gasteiger partial charge on any atom is 0.254 e. The van der Waals surface area contributed by atoms with Gasteiger partial charge in [0.15, 0.2) is 0 Å². The number of rotatable bonds is 3. The van der Waals surface area contributed by atoms with Crippen molar-refractivity contribution in [2.45, 2.75) is 13.0 Å². The Morgan fingerprint density at radius 1 is 1.32 bits per heavy atom. The van der Waals surface area contributed by atoms with E-state index in [0.717, 1.165) is 17.2 Å². The Morgan fingerprint density at radius 3 is 2.92 bits per heavy atom. The van der Waals surface area contributed by atoms with Crippen molar-refractivity contribution in [3.8, 4) is 5.69 Å². The molecule has 1 saturated heterocycles. The normalized spacial score (nSPS) is 17.6. The molecule has 1 fully saturated rings. The van der Waals surface area contributed by atoms with Gasteiger partial charge >= 0.3 is 0 Å². The third-order valence-electron chi connectivity index (χ3n) is 4.24. The van der Waals surface area contributed by atoms with E-state index >= 15 is 0 Å². The Kier molecular flexibility index (Phi) is 4.02. The third-order valence-corrected chi connectivity index (χ3v) is 4.24. The zero-order valence-electron chi connectivity index (χ0n) is 13.8. The summed E-state index contributed by atoms with van der Waals surface area (Å²) in [5.74, 6) is 0.706. The summed E-state index contributed by atoms with van der Waals surface area (Å²) in [6.07, 6.45) is 4.97. The fourth-order valence-electron chi connectivity index (χ4n) is 2.97. The van der Waals surface area contributed by atoms with Crippen LogP contribution in [-0.4, -0.2) is 55.3 Å². The lowest BCUT2D eigenvalue weighted by Gasteiger charge is -2.34. The van der Waals surface area contributed by atoms with Gasteiger partial charge in [0.1, 0.15) is 24.5 Å². The van der Waals surface area contributed by atoms with Crippen molar-refractivity contribution >= 4 is 5.91 Å². The molecule has 0 saturated carbocycles. The van der Waals surface area contributed by atoms with Crippen molar-refractivity contribution in [1.29, 1.82) is 0 Å². The number of aromatic nitrogens is 5. The van der Waals surface area contributed by atoms with Crippen molar-refractivity contribution in [2.24, 2.45) is 0 Å². The molecule has 0 spiro atoms. The van der Waals surface area contributed by atoms with Gasteiger partial charge in [0.05, 0.1) is 13.2 Å². The molecular formula is C17H18N6O2. The molecule has 3 aromatic rings. The molecule has 4 rings (SSSR count). The second-order valence-corrected chi connectivity index (χ2v) is 5.96. The fourth-order valence-corrected chi connectivity index (χ4v) is 2.97. The predicted molar refractivity (Wildman–Crippen MR) is 89.3 cm³/mol. The Labute approximate surface area is 144 Å². The lowest BCUT2D eigenvalue weighted by molar-refractivity contribution is -0.00501. The van der Waals surface area contributed by atoms with E-state index in [2.05, 4.69) is 20.2 Å². The van der Waals surface area contributed by atoms with Gasteiger partial charge in [0.25, 0.3) is 5.91 Å². The minimum absolute atomic E-state index is 0.0442. The number of H-pyrrole nitrogens is 1. The average molecular weight is 338 g/mol.